The summed E-state index contributed by atoms with van der Waals surface area (Å²) in [5.74, 6) is 0.672. The molecule has 9 nitrogen and oxygen atoms in total. The SMILES string of the molecule is CC(=O)Nc1ccc(S(=O)(=O)NN2CC=C(c3nnc(-c4ccc(C)cc4)o3)CC2)cc1. The molecule has 3 aromatic rings. The van der Waals surface area contributed by atoms with Gasteiger partial charge in [-0.25, -0.2) is 13.4 Å². The fraction of sp³-hybridized carbons (Fsp3) is 0.227. The van der Waals surface area contributed by atoms with Crippen molar-refractivity contribution in [2.75, 3.05) is 18.4 Å². The van der Waals surface area contributed by atoms with Gasteiger partial charge in [-0.15, -0.1) is 15.0 Å². The van der Waals surface area contributed by atoms with Crippen LogP contribution >= 0.6 is 0 Å². The summed E-state index contributed by atoms with van der Waals surface area (Å²) in [5, 5.41) is 12.5. The van der Waals surface area contributed by atoms with Gasteiger partial charge in [0.2, 0.25) is 17.7 Å². The van der Waals surface area contributed by atoms with Gasteiger partial charge in [-0.05, 0) is 49.7 Å². The summed E-state index contributed by atoms with van der Waals surface area (Å²) in [5.41, 5.74) is 3.41. The molecule has 1 aliphatic heterocycles. The van der Waals surface area contributed by atoms with Gasteiger partial charge in [0.25, 0.3) is 10.0 Å². The third-order valence-electron chi connectivity index (χ3n) is 4.94. The molecular weight excluding hydrogens is 430 g/mol. The number of carbonyl (C=O) groups is 1. The van der Waals surface area contributed by atoms with E-state index in [1.54, 1.807) is 17.1 Å². The van der Waals surface area contributed by atoms with Crippen molar-refractivity contribution in [1.29, 1.82) is 0 Å². The lowest BCUT2D eigenvalue weighted by Gasteiger charge is -2.25. The number of amides is 1. The number of aromatic nitrogens is 2. The van der Waals surface area contributed by atoms with Gasteiger partial charge in [0, 0.05) is 36.8 Å². The minimum Gasteiger partial charge on any atom is -0.416 e. The zero-order valence-electron chi connectivity index (χ0n) is 17.7. The van der Waals surface area contributed by atoms with Crippen molar-refractivity contribution in [2.45, 2.75) is 25.2 Å². The summed E-state index contributed by atoms with van der Waals surface area (Å²) in [6.07, 6.45) is 2.43. The molecule has 0 bridgehead atoms. The molecule has 2 aromatic carbocycles. The van der Waals surface area contributed by atoms with E-state index in [2.05, 4.69) is 20.3 Å². The lowest BCUT2D eigenvalue weighted by atomic mass is 10.1. The van der Waals surface area contributed by atoms with Crippen LogP contribution < -0.4 is 10.1 Å². The van der Waals surface area contributed by atoms with Gasteiger partial charge in [-0.1, -0.05) is 23.8 Å². The number of rotatable bonds is 6. The molecule has 166 valence electrons. The van der Waals surface area contributed by atoms with E-state index in [1.165, 1.54) is 19.1 Å². The van der Waals surface area contributed by atoms with Crippen molar-refractivity contribution in [3.63, 3.8) is 0 Å². The number of hydrogen-bond donors (Lipinski definition) is 2. The summed E-state index contributed by atoms with van der Waals surface area (Å²) >= 11 is 0. The van der Waals surface area contributed by atoms with Crippen LogP contribution in [0.2, 0.25) is 0 Å². The van der Waals surface area contributed by atoms with Gasteiger partial charge in [-0.2, -0.15) is 0 Å². The van der Waals surface area contributed by atoms with E-state index >= 15 is 0 Å². The van der Waals surface area contributed by atoms with Crippen LogP contribution in [0.25, 0.3) is 17.0 Å². The predicted octanol–water partition coefficient (Wildman–Crippen LogP) is 2.99. The first-order chi connectivity index (χ1) is 15.3. The number of sulfonamides is 1. The first kappa shape index (κ1) is 21.9. The molecule has 2 N–H and O–H groups in total. The Bertz CT molecular complexity index is 1250. The average molecular weight is 454 g/mol. The maximum Gasteiger partial charge on any atom is 0.253 e. The number of carbonyl (C=O) groups excluding carboxylic acids is 1. The van der Waals surface area contributed by atoms with Crippen molar-refractivity contribution < 1.29 is 17.6 Å². The zero-order valence-corrected chi connectivity index (χ0v) is 18.5. The molecule has 0 saturated carbocycles. The molecular formula is C22H23N5O4S. The topological polar surface area (TPSA) is 117 Å². The second-order valence-electron chi connectivity index (χ2n) is 7.50. The third-order valence-corrected chi connectivity index (χ3v) is 6.33. The monoisotopic (exact) mass is 453 g/mol. The van der Waals surface area contributed by atoms with Crippen molar-refractivity contribution in [2.24, 2.45) is 0 Å². The molecule has 2 heterocycles. The van der Waals surface area contributed by atoms with Crippen LogP contribution in [0.1, 0.15) is 24.8 Å². The zero-order chi connectivity index (χ0) is 22.7. The molecule has 0 unspecified atom stereocenters. The first-order valence-corrected chi connectivity index (χ1v) is 11.5. The van der Waals surface area contributed by atoms with Gasteiger partial charge < -0.3 is 9.73 Å². The quantitative estimate of drug-likeness (QED) is 0.589. The van der Waals surface area contributed by atoms with Gasteiger partial charge in [0.15, 0.2) is 0 Å². The fourth-order valence-electron chi connectivity index (χ4n) is 3.26. The lowest BCUT2D eigenvalue weighted by Crippen LogP contribution is -2.44. The molecule has 4 rings (SSSR count). The van der Waals surface area contributed by atoms with E-state index in [0.29, 0.717) is 37.0 Å². The van der Waals surface area contributed by atoms with Crippen molar-refractivity contribution in [1.82, 2.24) is 20.0 Å². The molecule has 1 aliphatic rings. The Labute approximate surface area is 186 Å². The Balaban J connectivity index is 1.40. The molecule has 1 aromatic heterocycles. The van der Waals surface area contributed by atoms with Crippen LogP contribution in [0.4, 0.5) is 5.69 Å². The summed E-state index contributed by atoms with van der Waals surface area (Å²) in [6, 6.07) is 13.8. The molecule has 32 heavy (non-hydrogen) atoms. The Morgan fingerprint density at radius 2 is 1.72 bits per heavy atom. The minimum atomic E-state index is -3.74. The van der Waals surface area contributed by atoms with Crippen molar-refractivity contribution >= 4 is 27.2 Å². The van der Waals surface area contributed by atoms with Crippen molar-refractivity contribution in [3.8, 4) is 11.5 Å². The number of benzene rings is 2. The highest BCUT2D eigenvalue weighted by molar-refractivity contribution is 7.89. The van der Waals surface area contributed by atoms with Crippen molar-refractivity contribution in [3.05, 3.63) is 66.1 Å². The molecule has 10 heteroatoms. The number of hydrazine groups is 1. The third kappa shape index (κ3) is 5.10. The van der Waals surface area contributed by atoms with E-state index < -0.39 is 10.0 Å². The largest absolute Gasteiger partial charge is 0.416 e. The molecule has 0 saturated heterocycles. The Morgan fingerprint density at radius 3 is 2.34 bits per heavy atom. The smallest absolute Gasteiger partial charge is 0.253 e. The van der Waals surface area contributed by atoms with Gasteiger partial charge in [0.1, 0.15) is 0 Å². The highest BCUT2D eigenvalue weighted by Crippen LogP contribution is 2.25. The second-order valence-corrected chi connectivity index (χ2v) is 9.16. The van der Waals surface area contributed by atoms with Crippen LogP contribution in [0, 0.1) is 6.92 Å². The Kier molecular flexibility index (Phi) is 6.17. The number of nitrogens with one attached hydrogen (secondary N) is 2. The van der Waals surface area contributed by atoms with Crippen LogP contribution in [0.15, 0.2) is 63.9 Å². The molecule has 0 radical (unpaired) electrons. The Morgan fingerprint density at radius 1 is 1.03 bits per heavy atom. The van der Waals surface area contributed by atoms with Gasteiger partial charge in [0.05, 0.1) is 4.90 Å². The number of nitrogens with zero attached hydrogens (tertiary/aromatic N) is 3. The lowest BCUT2D eigenvalue weighted by molar-refractivity contribution is -0.114. The van der Waals surface area contributed by atoms with Crippen LogP contribution in [0.5, 0.6) is 0 Å². The van der Waals surface area contributed by atoms with Crippen LogP contribution in [0.3, 0.4) is 0 Å². The van der Waals surface area contributed by atoms with E-state index in [4.69, 9.17) is 4.42 Å². The number of hydrogen-bond acceptors (Lipinski definition) is 7. The van der Waals surface area contributed by atoms with Crippen LogP contribution in [-0.4, -0.2) is 42.6 Å². The standard InChI is InChI=1S/C22H23N5O4S/c1-15-3-5-17(6-4-15)21-24-25-22(31-21)18-11-13-27(14-12-18)26-32(29,30)20-9-7-19(8-10-20)23-16(2)28/h3-11,26H,12-14H2,1-2H3,(H,23,28). The molecule has 0 atom stereocenters. The van der Waals surface area contributed by atoms with E-state index in [9.17, 15) is 13.2 Å². The molecule has 0 fully saturated rings. The summed E-state index contributed by atoms with van der Waals surface area (Å²) in [7, 11) is -3.74. The average Bonchev–Trinajstić information content (AvgIpc) is 3.25. The van der Waals surface area contributed by atoms with E-state index in [-0.39, 0.29) is 10.8 Å². The first-order valence-electron chi connectivity index (χ1n) is 10.1. The summed E-state index contributed by atoms with van der Waals surface area (Å²) in [6.45, 7) is 4.22. The molecule has 1 amide bonds. The number of aryl methyl sites for hydroxylation is 1. The normalized spacial score (nSPS) is 14.8. The number of anilines is 1. The van der Waals surface area contributed by atoms with Crippen LogP contribution in [-0.2, 0) is 14.8 Å². The Hall–Kier alpha value is -3.34. The summed E-state index contributed by atoms with van der Waals surface area (Å²) in [4.78, 5) is 13.8. The molecule has 0 spiro atoms. The van der Waals surface area contributed by atoms with Gasteiger partial charge in [-0.3, -0.25) is 4.79 Å². The molecule has 0 aliphatic carbocycles. The summed E-state index contributed by atoms with van der Waals surface area (Å²) < 4.78 is 31.2. The van der Waals surface area contributed by atoms with Gasteiger partial charge >= 0.3 is 0 Å². The highest BCUT2D eigenvalue weighted by atomic mass is 32.2. The second kappa shape index (κ2) is 9.03. The predicted molar refractivity (Wildman–Crippen MR) is 120 cm³/mol. The highest BCUT2D eigenvalue weighted by Gasteiger charge is 2.22. The van der Waals surface area contributed by atoms with E-state index in [1.807, 2.05) is 37.3 Å². The minimum absolute atomic E-state index is 0.112. The fourth-order valence-corrected chi connectivity index (χ4v) is 4.36. The van der Waals surface area contributed by atoms with E-state index in [0.717, 1.165) is 16.7 Å². The maximum atomic E-state index is 12.7. The maximum absolute atomic E-state index is 12.7.